The van der Waals surface area contributed by atoms with E-state index in [1.807, 2.05) is 25.1 Å². The fraction of sp³-hybridized carbons (Fsp3) is 0.583. The topological polar surface area (TPSA) is 45.1 Å². The number of pyridine rings is 1. The lowest BCUT2D eigenvalue weighted by Gasteiger charge is -2.05. The molecule has 1 aromatic heterocycles. The lowest BCUT2D eigenvalue weighted by atomic mass is 10.2. The number of aromatic nitrogens is 1. The van der Waals surface area contributed by atoms with Crippen LogP contribution in [0.4, 0.5) is 5.82 Å². The number of unbranched alkanes of at least 4 members (excludes halogenated alkanes) is 3. The molecule has 84 valence electrons. The molecule has 0 aliphatic carbocycles. The van der Waals surface area contributed by atoms with Gasteiger partial charge in [0.2, 0.25) is 0 Å². The highest BCUT2D eigenvalue weighted by molar-refractivity contribution is 5.34. The third kappa shape index (κ3) is 5.37. The van der Waals surface area contributed by atoms with Crippen LogP contribution in [-0.2, 0) is 0 Å². The summed E-state index contributed by atoms with van der Waals surface area (Å²) in [6.45, 7) is 3.27. The summed E-state index contributed by atoms with van der Waals surface area (Å²) in [5, 5.41) is 11.9. The Labute approximate surface area is 91.5 Å². The minimum Gasteiger partial charge on any atom is -0.396 e. The third-order valence-corrected chi connectivity index (χ3v) is 2.28. The first-order chi connectivity index (χ1) is 7.33. The molecule has 0 radical (unpaired) electrons. The van der Waals surface area contributed by atoms with Gasteiger partial charge in [0.25, 0.3) is 0 Å². The monoisotopic (exact) mass is 208 g/mol. The highest BCUT2D eigenvalue weighted by Gasteiger charge is 1.93. The summed E-state index contributed by atoms with van der Waals surface area (Å²) < 4.78 is 0. The Bertz CT molecular complexity index is 276. The second kappa shape index (κ2) is 7.23. The van der Waals surface area contributed by atoms with E-state index in [-0.39, 0.29) is 0 Å². The minimum absolute atomic E-state index is 0.312. The summed E-state index contributed by atoms with van der Waals surface area (Å²) >= 11 is 0. The van der Waals surface area contributed by atoms with Gasteiger partial charge in [0, 0.05) is 18.8 Å². The maximum atomic E-state index is 8.61. The molecule has 0 saturated carbocycles. The molecule has 0 atom stereocenters. The van der Waals surface area contributed by atoms with Crippen molar-refractivity contribution in [3.05, 3.63) is 23.9 Å². The molecule has 1 aromatic rings. The molecule has 15 heavy (non-hydrogen) atoms. The maximum Gasteiger partial charge on any atom is 0.126 e. The molecule has 2 N–H and O–H groups in total. The van der Waals surface area contributed by atoms with Crippen LogP contribution in [-0.4, -0.2) is 23.2 Å². The summed E-state index contributed by atoms with van der Waals surface area (Å²) in [5.74, 6) is 0.956. The number of anilines is 1. The highest BCUT2D eigenvalue weighted by Crippen LogP contribution is 2.05. The average Bonchev–Trinajstić information content (AvgIpc) is 2.23. The Kier molecular flexibility index (Phi) is 5.78. The van der Waals surface area contributed by atoms with Crippen LogP contribution in [0.25, 0.3) is 0 Å². The maximum absolute atomic E-state index is 8.61. The molecule has 1 heterocycles. The molecule has 0 saturated heterocycles. The van der Waals surface area contributed by atoms with E-state index in [0.717, 1.165) is 37.3 Å². The van der Waals surface area contributed by atoms with Gasteiger partial charge in [-0.05, 0) is 31.9 Å². The zero-order valence-corrected chi connectivity index (χ0v) is 9.37. The van der Waals surface area contributed by atoms with Gasteiger partial charge in [-0.3, -0.25) is 0 Å². The van der Waals surface area contributed by atoms with E-state index in [9.17, 15) is 0 Å². The smallest absolute Gasteiger partial charge is 0.126 e. The first-order valence-electron chi connectivity index (χ1n) is 5.61. The zero-order valence-electron chi connectivity index (χ0n) is 9.37. The van der Waals surface area contributed by atoms with Gasteiger partial charge in [0.1, 0.15) is 5.82 Å². The Balaban J connectivity index is 2.10. The number of aliphatic hydroxyl groups excluding tert-OH is 1. The highest BCUT2D eigenvalue weighted by atomic mass is 16.2. The third-order valence-electron chi connectivity index (χ3n) is 2.28. The number of hydrogen-bond acceptors (Lipinski definition) is 3. The van der Waals surface area contributed by atoms with E-state index < -0.39 is 0 Å². The van der Waals surface area contributed by atoms with Gasteiger partial charge < -0.3 is 10.4 Å². The fourth-order valence-electron chi connectivity index (χ4n) is 1.45. The SMILES string of the molecule is Cc1cccc(NCCCCCCO)n1. The van der Waals surface area contributed by atoms with Crippen molar-refractivity contribution in [2.24, 2.45) is 0 Å². The molecule has 0 unspecified atom stereocenters. The average molecular weight is 208 g/mol. The molecule has 3 nitrogen and oxygen atoms in total. The molecule has 0 amide bonds. The van der Waals surface area contributed by atoms with Crippen molar-refractivity contribution in [1.82, 2.24) is 4.98 Å². The second-order valence-corrected chi connectivity index (χ2v) is 3.73. The van der Waals surface area contributed by atoms with Gasteiger partial charge >= 0.3 is 0 Å². The molecule has 0 spiro atoms. The van der Waals surface area contributed by atoms with Crippen molar-refractivity contribution in [2.75, 3.05) is 18.5 Å². The minimum atomic E-state index is 0.312. The number of hydrogen-bond donors (Lipinski definition) is 2. The van der Waals surface area contributed by atoms with Crippen molar-refractivity contribution < 1.29 is 5.11 Å². The van der Waals surface area contributed by atoms with Gasteiger partial charge in [-0.1, -0.05) is 18.9 Å². The quantitative estimate of drug-likeness (QED) is 0.676. The Morgan fingerprint density at radius 1 is 1.20 bits per heavy atom. The molecule has 0 fully saturated rings. The lowest BCUT2D eigenvalue weighted by molar-refractivity contribution is 0.283. The first-order valence-corrected chi connectivity index (χ1v) is 5.61. The van der Waals surface area contributed by atoms with Crippen LogP contribution in [0.2, 0.25) is 0 Å². The Hall–Kier alpha value is -1.09. The number of nitrogens with zero attached hydrogens (tertiary/aromatic N) is 1. The van der Waals surface area contributed by atoms with E-state index >= 15 is 0 Å². The molecule has 0 aliphatic heterocycles. The number of rotatable bonds is 7. The van der Waals surface area contributed by atoms with Gasteiger partial charge in [0.15, 0.2) is 0 Å². The van der Waals surface area contributed by atoms with Crippen LogP contribution < -0.4 is 5.32 Å². The molecule has 0 bridgehead atoms. The van der Waals surface area contributed by atoms with Crippen LogP contribution in [0, 0.1) is 6.92 Å². The van der Waals surface area contributed by atoms with Gasteiger partial charge in [-0.15, -0.1) is 0 Å². The van der Waals surface area contributed by atoms with Crippen molar-refractivity contribution in [3.8, 4) is 0 Å². The van der Waals surface area contributed by atoms with Crippen molar-refractivity contribution >= 4 is 5.82 Å². The van der Waals surface area contributed by atoms with Crippen molar-refractivity contribution in [1.29, 1.82) is 0 Å². The lowest BCUT2D eigenvalue weighted by Crippen LogP contribution is -2.03. The predicted octanol–water partition coefficient (Wildman–Crippen LogP) is 2.35. The van der Waals surface area contributed by atoms with Gasteiger partial charge in [-0.2, -0.15) is 0 Å². The van der Waals surface area contributed by atoms with Crippen molar-refractivity contribution in [3.63, 3.8) is 0 Å². The van der Waals surface area contributed by atoms with Crippen molar-refractivity contribution in [2.45, 2.75) is 32.6 Å². The van der Waals surface area contributed by atoms with Gasteiger partial charge in [0.05, 0.1) is 0 Å². The molecule has 1 rings (SSSR count). The summed E-state index contributed by atoms with van der Waals surface area (Å²) in [7, 11) is 0. The van der Waals surface area contributed by atoms with Crippen LogP contribution in [0.15, 0.2) is 18.2 Å². The predicted molar refractivity (Wildman–Crippen MR) is 63.0 cm³/mol. The Morgan fingerprint density at radius 3 is 2.73 bits per heavy atom. The number of aliphatic hydroxyl groups is 1. The molecule has 0 aliphatic rings. The van der Waals surface area contributed by atoms with Crippen LogP contribution in [0.1, 0.15) is 31.4 Å². The normalized spacial score (nSPS) is 10.3. The number of aryl methyl sites for hydroxylation is 1. The summed E-state index contributed by atoms with van der Waals surface area (Å²) in [4.78, 5) is 4.36. The second-order valence-electron chi connectivity index (χ2n) is 3.73. The van der Waals surface area contributed by atoms with E-state index in [1.54, 1.807) is 0 Å². The van der Waals surface area contributed by atoms with E-state index in [4.69, 9.17) is 5.11 Å². The standard InChI is InChI=1S/C12H20N2O/c1-11-7-6-8-12(14-11)13-9-4-2-3-5-10-15/h6-8,15H,2-5,9-10H2,1H3,(H,13,14). The zero-order chi connectivity index (χ0) is 10.9. The summed E-state index contributed by atoms with van der Waals surface area (Å²) in [6.07, 6.45) is 4.33. The largest absolute Gasteiger partial charge is 0.396 e. The molecular weight excluding hydrogens is 188 g/mol. The van der Waals surface area contributed by atoms with E-state index in [2.05, 4.69) is 10.3 Å². The molecular formula is C12H20N2O. The van der Waals surface area contributed by atoms with Gasteiger partial charge in [-0.25, -0.2) is 4.98 Å². The summed E-state index contributed by atoms with van der Waals surface area (Å²) in [5.41, 5.74) is 1.04. The number of nitrogens with one attached hydrogen (secondary N) is 1. The molecule has 0 aromatic carbocycles. The van der Waals surface area contributed by atoms with E-state index in [1.165, 1.54) is 6.42 Å². The Morgan fingerprint density at radius 2 is 2.00 bits per heavy atom. The molecule has 3 heteroatoms. The summed E-state index contributed by atoms with van der Waals surface area (Å²) in [6, 6.07) is 5.99. The fourth-order valence-corrected chi connectivity index (χ4v) is 1.45. The first kappa shape index (κ1) is 12.0. The van der Waals surface area contributed by atoms with Crippen LogP contribution >= 0.6 is 0 Å². The van der Waals surface area contributed by atoms with E-state index in [0.29, 0.717) is 6.61 Å². The van der Waals surface area contributed by atoms with Crippen LogP contribution in [0.5, 0.6) is 0 Å². The van der Waals surface area contributed by atoms with Crippen LogP contribution in [0.3, 0.4) is 0 Å².